The third kappa shape index (κ3) is 4.98. The summed E-state index contributed by atoms with van der Waals surface area (Å²) in [5, 5.41) is 0. The van der Waals surface area contributed by atoms with E-state index in [2.05, 4.69) is 42.7 Å². The molecule has 2 nitrogen and oxygen atoms in total. The van der Waals surface area contributed by atoms with E-state index in [1.54, 1.807) is 0 Å². The number of rotatable bonds is 9. The molecule has 1 atom stereocenters. The predicted octanol–water partition coefficient (Wildman–Crippen LogP) is 6.04. The van der Waals surface area contributed by atoms with Crippen molar-refractivity contribution in [3.05, 3.63) is 71.3 Å². The average Bonchev–Trinajstić information content (AvgIpc) is 2.75. The minimum absolute atomic E-state index is 0.214. The van der Waals surface area contributed by atoms with Crippen LogP contribution >= 0.6 is 0 Å². The first kappa shape index (κ1) is 20.5. The Morgan fingerprint density at radius 1 is 0.893 bits per heavy atom. The number of hydrogen-bond donors (Lipinski definition) is 0. The minimum atomic E-state index is 0.214. The lowest BCUT2D eigenvalue weighted by Crippen LogP contribution is -2.33. The second-order valence-corrected chi connectivity index (χ2v) is 7.93. The lowest BCUT2D eigenvalue weighted by Gasteiger charge is -2.26. The molecule has 0 heterocycles. The van der Waals surface area contributed by atoms with Gasteiger partial charge in [-0.25, -0.2) is 4.58 Å². The first-order chi connectivity index (χ1) is 13.7. The topological polar surface area (TPSA) is 20.1 Å². The van der Waals surface area contributed by atoms with Crippen LogP contribution in [0.1, 0.15) is 79.8 Å². The summed E-state index contributed by atoms with van der Waals surface area (Å²) in [5.74, 6) is 0.470. The Morgan fingerprint density at radius 3 is 2.21 bits per heavy atom. The molecule has 3 rings (SSSR count). The third-order valence-corrected chi connectivity index (χ3v) is 5.94. The van der Waals surface area contributed by atoms with Crippen molar-refractivity contribution >= 4 is 11.5 Å². The van der Waals surface area contributed by atoms with Gasteiger partial charge in [0.1, 0.15) is 13.1 Å². The van der Waals surface area contributed by atoms with Crippen LogP contribution < -0.4 is 0 Å². The van der Waals surface area contributed by atoms with E-state index >= 15 is 0 Å². The Hall–Kier alpha value is -2.22. The van der Waals surface area contributed by atoms with Gasteiger partial charge >= 0.3 is 0 Å². The van der Waals surface area contributed by atoms with E-state index in [0.29, 0.717) is 6.42 Å². The van der Waals surface area contributed by atoms with Crippen molar-refractivity contribution in [2.75, 3.05) is 13.1 Å². The molecular formula is C26H34NO+. The Kier molecular flexibility index (Phi) is 7.59. The van der Waals surface area contributed by atoms with Gasteiger partial charge in [0.25, 0.3) is 0 Å². The fourth-order valence-electron chi connectivity index (χ4n) is 4.35. The van der Waals surface area contributed by atoms with Gasteiger partial charge in [0, 0.05) is 31.2 Å². The van der Waals surface area contributed by atoms with E-state index in [4.69, 9.17) is 0 Å². The Bertz CT molecular complexity index is 796. The van der Waals surface area contributed by atoms with Crippen LogP contribution in [-0.2, 0) is 6.42 Å². The van der Waals surface area contributed by atoms with Gasteiger partial charge in [0.05, 0.1) is 5.92 Å². The molecule has 148 valence electrons. The monoisotopic (exact) mass is 376 g/mol. The summed E-state index contributed by atoms with van der Waals surface area (Å²) in [6.07, 6.45) is 7.60. The van der Waals surface area contributed by atoms with Crippen molar-refractivity contribution in [3.8, 4) is 0 Å². The normalized spacial score (nSPS) is 15.9. The molecule has 0 amide bonds. The molecule has 0 saturated heterocycles. The molecule has 0 N–H and O–H groups in total. The van der Waals surface area contributed by atoms with Gasteiger partial charge in [-0.15, -0.1) is 0 Å². The summed E-state index contributed by atoms with van der Waals surface area (Å²) in [6.45, 7) is 6.75. The molecular weight excluding hydrogens is 342 g/mol. The molecule has 1 aliphatic carbocycles. The van der Waals surface area contributed by atoms with Crippen molar-refractivity contribution < 1.29 is 9.37 Å². The first-order valence-electron chi connectivity index (χ1n) is 11.0. The van der Waals surface area contributed by atoms with E-state index in [9.17, 15) is 4.79 Å². The van der Waals surface area contributed by atoms with Crippen LogP contribution in [0.4, 0.5) is 0 Å². The van der Waals surface area contributed by atoms with Gasteiger partial charge in [0.15, 0.2) is 11.5 Å². The number of aryl methyl sites for hydroxylation is 1. The lowest BCUT2D eigenvalue weighted by atomic mass is 9.77. The SMILES string of the molecule is CCCC[N+](CCCC)=C1CCc2ccccc2C1CC(=O)c1ccccc1. The number of ketones is 1. The zero-order valence-electron chi connectivity index (χ0n) is 17.5. The summed E-state index contributed by atoms with van der Waals surface area (Å²) in [6, 6.07) is 18.5. The Balaban J connectivity index is 1.97. The highest BCUT2D eigenvalue weighted by atomic mass is 16.1. The highest BCUT2D eigenvalue weighted by Gasteiger charge is 2.33. The lowest BCUT2D eigenvalue weighted by molar-refractivity contribution is -0.531. The van der Waals surface area contributed by atoms with Gasteiger partial charge in [0.2, 0.25) is 0 Å². The Morgan fingerprint density at radius 2 is 1.54 bits per heavy atom. The van der Waals surface area contributed by atoms with E-state index in [0.717, 1.165) is 31.5 Å². The predicted molar refractivity (Wildman–Crippen MR) is 118 cm³/mol. The van der Waals surface area contributed by atoms with Crippen molar-refractivity contribution in [2.24, 2.45) is 0 Å². The number of carbonyl (C=O) groups excluding carboxylic acids is 1. The fourth-order valence-corrected chi connectivity index (χ4v) is 4.35. The van der Waals surface area contributed by atoms with Crippen LogP contribution in [0.15, 0.2) is 54.6 Å². The zero-order chi connectivity index (χ0) is 19.8. The van der Waals surface area contributed by atoms with Crippen LogP contribution in [0.25, 0.3) is 0 Å². The summed E-state index contributed by atoms with van der Waals surface area (Å²) >= 11 is 0. The highest BCUT2D eigenvalue weighted by Crippen LogP contribution is 2.33. The molecule has 0 radical (unpaired) electrons. The Labute approximate surface area is 170 Å². The van der Waals surface area contributed by atoms with Gasteiger partial charge in [-0.05, 0) is 17.5 Å². The zero-order valence-corrected chi connectivity index (χ0v) is 17.5. The second-order valence-electron chi connectivity index (χ2n) is 7.93. The number of unbranched alkanes of at least 4 members (excludes halogenated alkanes) is 2. The van der Waals surface area contributed by atoms with E-state index in [1.165, 1.54) is 42.5 Å². The molecule has 2 heteroatoms. The summed E-state index contributed by atoms with van der Waals surface area (Å²) in [5.41, 5.74) is 5.11. The van der Waals surface area contributed by atoms with Crippen LogP contribution in [0, 0.1) is 0 Å². The maximum atomic E-state index is 13.1. The fraction of sp³-hybridized carbons (Fsp3) is 0.462. The van der Waals surface area contributed by atoms with Crippen molar-refractivity contribution in [2.45, 2.75) is 64.7 Å². The minimum Gasteiger partial charge on any atom is -0.294 e. The number of hydrogen-bond acceptors (Lipinski definition) is 1. The summed E-state index contributed by atoms with van der Waals surface area (Å²) in [4.78, 5) is 13.1. The number of nitrogens with zero attached hydrogens (tertiary/aromatic N) is 1. The van der Waals surface area contributed by atoms with Crippen LogP contribution in [-0.4, -0.2) is 29.2 Å². The molecule has 1 unspecified atom stereocenters. The molecule has 0 saturated carbocycles. The molecule has 0 fully saturated rings. The highest BCUT2D eigenvalue weighted by molar-refractivity contribution is 6.01. The van der Waals surface area contributed by atoms with Gasteiger partial charge < -0.3 is 0 Å². The van der Waals surface area contributed by atoms with Crippen molar-refractivity contribution in [1.29, 1.82) is 0 Å². The average molecular weight is 377 g/mol. The smallest absolute Gasteiger partial charge is 0.164 e. The molecule has 2 aromatic carbocycles. The van der Waals surface area contributed by atoms with E-state index in [-0.39, 0.29) is 11.7 Å². The van der Waals surface area contributed by atoms with Gasteiger partial charge in [-0.1, -0.05) is 81.3 Å². The van der Waals surface area contributed by atoms with Crippen molar-refractivity contribution in [3.63, 3.8) is 0 Å². The second kappa shape index (κ2) is 10.4. The number of carbonyl (C=O) groups is 1. The van der Waals surface area contributed by atoms with Crippen molar-refractivity contribution in [1.82, 2.24) is 0 Å². The van der Waals surface area contributed by atoms with Crippen LogP contribution in [0.2, 0.25) is 0 Å². The van der Waals surface area contributed by atoms with Crippen LogP contribution in [0.3, 0.4) is 0 Å². The molecule has 1 aliphatic rings. The molecule has 2 aromatic rings. The van der Waals surface area contributed by atoms with Gasteiger partial charge in [-0.3, -0.25) is 4.79 Å². The molecule has 0 bridgehead atoms. The maximum absolute atomic E-state index is 13.1. The van der Waals surface area contributed by atoms with Gasteiger partial charge in [-0.2, -0.15) is 0 Å². The molecule has 0 aromatic heterocycles. The van der Waals surface area contributed by atoms with Crippen LogP contribution in [0.5, 0.6) is 0 Å². The summed E-state index contributed by atoms with van der Waals surface area (Å²) in [7, 11) is 0. The number of Topliss-reactive ketones (excluding diaryl/α,β-unsaturated/α-hetero) is 1. The molecule has 28 heavy (non-hydrogen) atoms. The number of fused-ring (bicyclic) bond motifs is 1. The van der Waals surface area contributed by atoms with E-state index < -0.39 is 0 Å². The third-order valence-electron chi connectivity index (χ3n) is 5.94. The maximum Gasteiger partial charge on any atom is 0.164 e. The molecule has 0 aliphatic heterocycles. The quantitative estimate of drug-likeness (QED) is 0.386. The number of benzene rings is 2. The standard InChI is InChI=1S/C26H34NO/c1-3-5-18-27(19-6-4-2)25-17-16-21-12-10-11-15-23(21)24(25)20-26(28)22-13-8-7-9-14-22/h7-15,24H,3-6,16-20H2,1-2H3/q+1. The van der Waals surface area contributed by atoms with E-state index in [1.807, 2.05) is 30.3 Å². The molecule has 0 spiro atoms. The summed E-state index contributed by atoms with van der Waals surface area (Å²) < 4.78 is 2.62. The first-order valence-corrected chi connectivity index (χ1v) is 11.0. The largest absolute Gasteiger partial charge is 0.294 e.